The molecule has 3 N–H and O–H groups in total. The highest BCUT2D eigenvalue weighted by atomic mass is 19.1. The van der Waals surface area contributed by atoms with Crippen molar-refractivity contribution in [2.75, 3.05) is 10.6 Å². The molecule has 1 rings (SSSR count). The molecule has 0 aliphatic rings. The molecule has 74 valence electrons. The van der Waals surface area contributed by atoms with E-state index in [1.54, 1.807) is 13.0 Å². The summed E-state index contributed by atoms with van der Waals surface area (Å²) in [4.78, 5) is 1.46. The van der Waals surface area contributed by atoms with Crippen molar-refractivity contribution in [3.63, 3.8) is 0 Å². The van der Waals surface area contributed by atoms with Gasteiger partial charge in [-0.05, 0) is 19.1 Å². The fourth-order valence-electron chi connectivity index (χ4n) is 1.10. The number of hydrogen-bond donors (Lipinski definition) is 2. The average molecular weight is 193 g/mol. The van der Waals surface area contributed by atoms with Crippen LogP contribution in [0.1, 0.15) is 6.92 Å². The molecule has 0 saturated heterocycles. The van der Waals surface area contributed by atoms with Crippen LogP contribution in [-0.2, 0) is 0 Å². The standard InChI is InChI=1S/C10H12FN3/c1-3-14(7(2)12)8-4-5-10(13)9(11)6-8/h3-6,12H,1,13H2,2H3. The van der Waals surface area contributed by atoms with Crippen molar-refractivity contribution >= 4 is 17.2 Å². The van der Waals surface area contributed by atoms with Crippen LogP contribution in [0.25, 0.3) is 0 Å². The van der Waals surface area contributed by atoms with Crippen molar-refractivity contribution in [1.29, 1.82) is 5.41 Å². The minimum atomic E-state index is -0.490. The zero-order valence-electron chi connectivity index (χ0n) is 7.92. The smallest absolute Gasteiger partial charge is 0.148 e. The number of anilines is 2. The normalized spacial score (nSPS) is 9.57. The van der Waals surface area contributed by atoms with Gasteiger partial charge < -0.3 is 10.6 Å². The van der Waals surface area contributed by atoms with Crippen molar-refractivity contribution in [2.45, 2.75) is 6.92 Å². The Kier molecular flexibility index (Phi) is 2.86. The first-order valence-electron chi connectivity index (χ1n) is 4.08. The molecule has 1 aromatic carbocycles. The van der Waals surface area contributed by atoms with Crippen LogP contribution in [-0.4, -0.2) is 5.84 Å². The zero-order valence-corrected chi connectivity index (χ0v) is 7.92. The third-order valence-corrected chi connectivity index (χ3v) is 1.81. The van der Waals surface area contributed by atoms with E-state index >= 15 is 0 Å². The Morgan fingerprint density at radius 2 is 2.29 bits per heavy atom. The summed E-state index contributed by atoms with van der Waals surface area (Å²) >= 11 is 0. The summed E-state index contributed by atoms with van der Waals surface area (Å²) in [7, 11) is 0. The lowest BCUT2D eigenvalue weighted by atomic mass is 10.2. The number of amidine groups is 1. The van der Waals surface area contributed by atoms with Crippen molar-refractivity contribution in [2.24, 2.45) is 0 Å². The third-order valence-electron chi connectivity index (χ3n) is 1.81. The van der Waals surface area contributed by atoms with E-state index in [0.717, 1.165) is 0 Å². The summed E-state index contributed by atoms with van der Waals surface area (Å²) in [5.74, 6) is -0.222. The van der Waals surface area contributed by atoms with Crippen molar-refractivity contribution < 1.29 is 4.39 Å². The molecular weight excluding hydrogens is 181 g/mol. The Bertz CT molecular complexity index is 374. The fourth-order valence-corrected chi connectivity index (χ4v) is 1.10. The Balaban J connectivity index is 3.12. The number of benzene rings is 1. The van der Waals surface area contributed by atoms with Crippen LogP contribution in [0.15, 0.2) is 31.0 Å². The van der Waals surface area contributed by atoms with E-state index in [1.807, 2.05) is 0 Å². The molecule has 3 nitrogen and oxygen atoms in total. The Morgan fingerprint density at radius 1 is 1.64 bits per heavy atom. The molecule has 0 aliphatic carbocycles. The van der Waals surface area contributed by atoms with Gasteiger partial charge in [0.25, 0.3) is 0 Å². The Morgan fingerprint density at radius 3 is 2.71 bits per heavy atom. The maximum atomic E-state index is 13.1. The first kappa shape index (κ1) is 10.2. The van der Waals surface area contributed by atoms with E-state index in [1.165, 1.54) is 23.2 Å². The maximum Gasteiger partial charge on any atom is 0.148 e. The van der Waals surface area contributed by atoms with Gasteiger partial charge in [0.2, 0.25) is 0 Å². The number of nitrogens with one attached hydrogen (secondary N) is 1. The van der Waals surface area contributed by atoms with Crippen LogP contribution in [0.5, 0.6) is 0 Å². The molecule has 0 unspecified atom stereocenters. The lowest BCUT2D eigenvalue weighted by Gasteiger charge is -2.18. The number of nitrogens with zero attached hydrogens (tertiary/aromatic N) is 1. The van der Waals surface area contributed by atoms with E-state index in [4.69, 9.17) is 11.1 Å². The van der Waals surface area contributed by atoms with Crippen LogP contribution in [0, 0.1) is 11.2 Å². The average Bonchev–Trinajstić information content (AvgIpc) is 2.11. The maximum absolute atomic E-state index is 13.1. The molecule has 0 heterocycles. The van der Waals surface area contributed by atoms with Gasteiger partial charge in [-0.25, -0.2) is 4.39 Å². The SMILES string of the molecule is C=CN(C(C)=N)c1ccc(N)c(F)c1. The van der Waals surface area contributed by atoms with Crippen LogP contribution < -0.4 is 10.6 Å². The molecule has 14 heavy (non-hydrogen) atoms. The van der Waals surface area contributed by atoms with Crippen molar-refractivity contribution in [3.05, 3.63) is 36.8 Å². The molecule has 0 radical (unpaired) electrons. The summed E-state index contributed by atoms with van der Waals surface area (Å²) in [5, 5.41) is 7.41. The monoisotopic (exact) mass is 193 g/mol. The molecule has 1 aromatic rings. The summed E-state index contributed by atoms with van der Waals surface area (Å²) in [6.45, 7) is 5.14. The number of halogens is 1. The third kappa shape index (κ3) is 1.90. The van der Waals surface area contributed by atoms with Crippen LogP contribution in [0.3, 0.4) is 0 Å². The molecule has 0 spiro atoms. The predicted octanol–water partition coefficient (Wildman–Crippen LogP) is 2.35. The fraction of sp³-hybridized carbons (Fsp3) is 0.100. The van der Waals surface area contributed by atoms with Crippen LogP contribution in [0.4, 0.5) is 15.8 Å². The number of nitrogen functional groups attached to an aromatic ring is 1. The van der Waals surface area contributed by atoms with Gasteiger partial charge in [-0.15, -0.1) is 0 Å². The molecular formula is C10H12FN3. The van der Waals surface area contributed by atoms with E-state index in [0.29, 0.717) is 5.69 Å². The van der Waals surface area contributed by atoms with Gasteiger partial charge in [-0.1, -0.05) is 6.58 Å². The molecule has 0 aliphatic heterocycles. The summed E-state index contributed by atoms with van der Waals surface area (Å²) in [6, 6.07) is 4.37. The predicted molar refractivity (Wildman–Crippen MR) is 56.9 cm³/mol. The number of hydrogen-bond acceptors (Lipinski definition) is 2. The van der Waals surface area contributed by atoms with Gasteiger partial charge in [-0.3, -0.25) is 5.41 Å². The van der Waals surface area contributed by atoms with Gasteiger partial charge >= 0.3 is 0 Å². The van der Waals surface area contributed by atoms with Gasteiger partial charge in [0.05, 0.1) is 5.69 Å². The minimum Gasteiger partial charge on any atom is -0.396 e. The van der Waals surface area contributed by atoms with Crippen LogP contribution in [0.2, 0.25) is 0 Å². The van der Waals surface area contributed by atoms with Crippen molar-refractivity contribution in [3.8, 4) is 0 Å². The van der Waals surface area contributed by atoms with E-state index < -0.39 is 5.82 Å². The van der Waals surface area contributed by atoms with Gasteiger partial charge in [0.1, 0.15) is 11.7 Å². The molecule has 0 atom stereocenters. The number of rotatable bonds is 2. The molecule has 0 aromatic heterocycles. The first-order valence-corrected chi connectivity index (χ1v) is 4.08. The van der Waals surface area contributed by atoms with Crippen LogP contribution >= 0.6 is 0 Å². The summed E-state index contributed by atoms with van der Waals surface area (Å²) in [5.41, 5.74) is 5.97. The largest absolute Gasteiger partial charge is 0.396 e. The van der Waals surface area contributed by atoms with Gasteiger partial charge in [0, 0.05) is 18.0 Å². The molecule has 0 fully saturated rings. The second-order valence-electron chi connectivity index (χ2n) is 2.84. The molecule has 0 amide bonds. The molecule has 4 heteroatoms. The second kappa shape index (κ2) is 3.91. The Labute approximate surface area is 82.2 Å². The second-order valence-corrected chi connectivity index (χ2v) is 2.84. The highest BCUT2D eigenvalue weighted by Crippen LogP contribution is 2.20. The number of nitrogens with two attached hydrogens (primary N) is 1. The van der Waals surface area contributed by atoms with E-state index in [-0.39, 0.29) is 11.5 Å². The summed E-state index contributed by atoms with van der Waals surface area (Å²) in [6.07, 6.45) is 1.45. The Hall–Kier alpha value is -1.84. The van der Waals surface area contributed by atoms with Gasteiger partial charge in [0.15, 0.2) is 0 Å². The van der Waals surface area contributed by atoms with E-state index in [9.17, 15) is 4.39 Å². The van der Waals surface area contributed by atoms with Gasteiger partial charge in [-0.2, -0.15) is 0 Å². The topological polar surface area (TPSA) is 53.1 Å². The minimum absolute atomic E-state index is 0.0976. The summed E-state index contributed by atoms with van der Waals surface area (Å²) < 4.78 is 13.1. The lowest BCUT2D eigenvalue weighted by Crippen LogP contribution is -2.20. The van der Waals surface area contributed by atoms with Crippen molar-refractivity contribution in [1.82, 2.24) is 0 Å². The first-order chi connectivity index (χ1) is 6.56. The highest BCUT2D eigenvalue weighted by Gasteiger charge is 2.06. The molecule has 0 saturated carbocycles. The quantitative estimate of drug-likeness (QED) is 0.430. The molecule has 0 bridgehead atoms. The lowest BCUT2D eigenvalue weighted by molar-refractivity contribution is 0.633. The van der Waals surface area contributed by atoms with E-state index in [2.05, 4.69) is 6.58 Å². The zero-order chi connectivity index (χ0) is 10.7. The highest BCUT2D eigenvalue weighted by molar-refractivity contribution is 5.95.